The van der Waals surface area contributed by atoms with Crippen LogP contribution in [-0.2, 0) is 21.2 Å². The largest absolute Gasteiger partial charge is 0.300 e. The Morgan fingerprint density at radius 2 is 1.76 bits per heavy atom. The monoisotopic (exact) mass is 380 g/mol. The molecule has 1 aliphatic heterocycles. The number of aromatic nitrogens is 2. The highest BCUT2D eigenvalue weighted by atomic mass is 32.2. The van der Waals surface area contributed by atoms with Gasteiger partial charge in [-0.05, 0) is 18.4 Å². The maximum Gasteiger partial charge on any atom is 0.272 e. The average molecular weight is 380 g/mol. The van der Waals surface area contributed by atoms with Gasteiger partial charge < -0.3 is 5.32 Å². The maximum atomic E-state index is 12.7. The van der Waals surface area contributed by atoms with Gasteiger partial charge in [-0.15, -0.1) is 10.2 Å². The van der Waals surface area contributed by atoms with Crippen molar-refractivity contribution in [1.82, 2.24) is 14.5 Å². The molecule has 0 atom stereocenters. The second-order valence-electron chi connectivity index (χ2n) is 5.90. The second-order valence-corrected chi connectivity index (χ2v) is 8.99. The molecule has 7 nitrogen and oxygen atoms in total. The molecule has 2 heterocycles. The molecular weight excluding hydrogens is 360 g/mol. The van der Waals surface area contributed by atoms with Gasteiger partial charge in [0.2, 0.25) is 15.4 Å². The zero-order valence-corrected chi connectivity index (χ0v) is 15.4. The van der Waals surface area contributed by atoms with Crippen molar-refractivity contribution >= 4 is 32.4 Å². The Labute approximate surface area is 151 Å². The first-order chi connectivity index (χ1) is 12.1. The molecule has 1 amide bonds. The van der Waals surface area contributed by atoms with Gasteiger partial charge in [0.1, 0.15) is 0 Å². The van der Waals surface area contributed by atoms with Gasteiger partial charge in [0.25, 0.3) is 10.0 Å². The van der Waals surface area contributed by atoms with Crippen LogP contribution in [-0.4, -0.2) is 41.9 Å². The van der Waals surface area contributed by atoms with E-state index in [0.717, 1.165) is 42.6 Å². The second kappa shape index (κ2) is 8.03. The summed E-state index contributed by atoms with van der Waals surface area (Å²) in [7, 11) is -3.63. The molecule has 0 saturated carbocycles. The predicted molar refractivity (Wildman–Crippen MR) is 95.9 cm³/mol. The smallest absolute Gasteiger partial charge is 0.272 e. The average Bonchev–Trinajstić information content (AvgIpc) is 2.89. The van der Waals surface area contributed by atoms with Gasteiger partial charge in [0.05, 0.1) is 6.42 Å². The van der Waals surface area contributed by atoms with E-state index in [1.165, 1.54) is 4.31 Å². The van der Waals surface area contributed by atoms with Crippen LogP contribution in [0.15, 0.2) is 34.7 Å². The first-order valence-electron chi connectivity index (χ1n) is 8.23. The maximum absolute atomic E-state index is 12.7. The summed E-state index contributed by atoms with van der Waals surface area (Å²) in [5, 5.41) is 10.4. The standard InChI is InChI=1S/C16H20N4O3S2/c21-14(12-13-8-4-3-5-9-13)17-15-18-19-16(24-15)25(22,23)20-10-6-1-2-7-11-20/h3-5,8-9H,1-2,6-7,10-12H2,(H,17,18,21). The third-order valence-corrected chi connectivity index (χ3v) is 7.07. The number of anilines is 1. The van der Waals surface area contributed by atoms with Gasteiger partial charge in [-0.1, -0.05) is 54.5 Å². The highest BCUT2D eigenvalue weighted by Gasteiger charge is 2.29. The molecule has 25 heavy (non-hydrogen) atoms. The summed E-state index contributed by atoms with van der Waals surface area (Å²) in [5.41, 5.74) is 0.877. The Balaban J connectivity index is 1.66. The molecule has 1 saturated heterocycles. The van der Waals surface area contributed by atoms with Gasteiger partial charge in [0, 0.05) is 13.1 Å². The Morgan fingerprint density at radius 1 is 1.08 bits per heavy atom. The summed E-state index contributed by atoms with van der Waals surface area (Å²) in [6, 6.07) is 9.31. The van der Waals surface area contributed by atoms with Gasteiger partial charge in [-0.2, -0.15) is 4.31 Å². The molecule has 0 radical (unpaired) electrons. The van der Waals surface area contributed by atoms with Gasteiger partial charge in [0.15, 0.2) is 0 Å². The number of hydrogen-bond acceptors (Lipinski definition) is 6. The molecule has 0 unspecified atom stereocenters. The summed E-state index contributed by atoms with van der Waals surface area (Å²) in [6.45, 7) is 1.02. The van der Waals surface area contributed by atoms with Crippen LogP contribution in [0.4, 0.5) is 5.13 Å². The molecule has 9 heteroatoms. The van der Waals surface area contributed by atoms with E-state index in [1.807, 2.05) is 30.3 Å². The quantitative estimate of drug-likeness (QED) is 0.804. The minimum atomic E-state index is -3.63. The third-order valence-electron chi connectivity index (χ3n) is 3.99. The summed E-state index contributed by atoms with van der Waals surface area (Å²) < 4.78 is 26.7. The number of carbonyl (C=O) groups excluding carboxylic acids is 1. The fraction of sp³-hybridized carbons (Fsp3) is 0.438. The van der Waals surface area contributed by atoms with Gasteiger partial charge in [-0.3, -0.25) is 4.79 Å². The summed E-state index contributed by atoms with van der Waals surface area (Å²) in [6.07, 6.45) is 4.01. The lowest BCUT2D eigenvalue weighted by atomic mass is 10.1. The van der Waals surface area contributed by atoms with E-state index in [-0.39, 0.29) is 21.8 Å². The van der Waals surface area contributed by atoms with Crippen molar-refractivity contribution in [3.63, 3.8) is 0 Å². The highest BCUT2D eigenvalue weighted by molar-refractivity contribution is 7.91. The molecule has 1 aromatic heterocycles. The molecule has 1 N–H and O–H groups in total. The van der Waals surface area contributed by atoms with E-state index in [0.29, 0.717) is 13.1 Å². The number of benzene rings is 1. The van der Waals surface area contributed by atoms with Crippen molar-refractivity contribution < 1.29 is 13.2 Å². The fourth-order valence-corrected chi connectivity index (χ4v) is 5.27. The van der Waals surface area contributed by atoms with Crippen molar-refractivity contribution in [2.75, 3.05) is 18.4 Å². The number of nitrogens with zero attached hydrogens (tertiary/aromatic N) is 3. The lowest BCUT2D eigenvalue weighted by molar-refractivity contribution is -0.115. The van der Waals surface area contributed by atoms with Crippen LogP contribution in [0.25, 0.3) is 0 Å². The Bertz CT molecular complexity index is 813. The number of sulfonamides is 1. The van der Waals surface area contributed by atoms with Crippen molar-refractivity contribution in [2.24, 2.45) is 0 Å². The van der Waals surface area contributed by atoms with E-state index in [4.69, 9.17) is 0 Å². The minimum Gasteiger partial charge on any atom is -0.300 e. The van der Waals surface area contributed by atoms with Gasteiger partial charge in [-0.25, -0.2) is 8.42 Å². The number of amides is 1. The number of carbonyl (C=O) groups is 1. The van der Waals surface area contributed by atoms with Crippen LogP contribution >= 0.6 is 11.3 Å². The summed E-state index contributed by atoms with van der Waals surface area (Å²) in [4.78, 5) is 12.1. The zero-order valence-electron chi connectivity index (χ0n) is 13.7. The third kappa shape index (κ3) is 4.62. The topological polar surface area (TPSA) is 92.3 Å². The van der Waals surface area contributed by atoms with Crippen molar-refractivity contribution in [1.29, 1.82) is 0 Å². The highest BCUT2D eigenvalue weighted by Crippen LogP contribution is 2.25. The minimum absolute atomic E-state index is 0.0654. The van der Waals surface area contributed by atoms with Crippen molar-refractivity contribution in [2.45, 2.75) is 36.4 Å². The van der Waals surface area contributed by atoms with E-state index >= 15 is 0 Å². The predicted octanol–water partition coefficient (Wildman–Crippen LogP) is 2.28. The molecule has 0 aliphatic carbocycles. The van der Waals surface area contributed by atoms with Crippen molar-refractivity contribution in [3.05, 3.63) is 35.9 Å². The van der Waals surface area contributed by atoms with E-state index in [9.17, 15) is 13.2 Å². The summed E-state index contributed by atoms with van der Waals surface area (Å²) >= 11 is 0.895. The van der Waals surface area contributed by atoms with E-state index < -0.39 is 10.0 Å². The molecule has 0 bridgehead atoms. The first-order valence-corrected chi connectivity index (χ1v) is 10.5. The van der Waals surface area contributed by atoms with Crippen LogP contribution < -0.4 is 5.32 Å². The van der Waals surface area contributed by atoms with Crippen molar-refractivity contribution in [3.8, 4) is 0 Å². The molecule has 0 spiro atoms. The molecule has 3 rings (SSSR count). The summed E-state index contributed by atoms with van der Waals surface area (Å²) in [5.74, 6) is -0.249. The van der Waals surface area contributed by atoms with Gasteiger partial charge >= 0.3 is 0 Å². The normalized spacial score (nSPS) is 16.3. The molecule has 1 fully saturated rings. The van der Waals surface area contributed by atoms with E-state index in [2.05, 4.69) is 15.5 Å². The zero-order chi connectivity index (χ0) is 17.7. The lowest BCUT2D eigenvalue weighted by Crippen LogP contribution is -2.31. The number of rotatable bonds is 5. The molecule has 1 aliphatic rings. The Morgan fingerprint density at radius 3 is 2.44 bits per heavy atom. The Kier molecular flexibility index (Phi) is 5.77. The first kappa shape index (κ1) is 18.0. The molecule has 1 aromatic carbocycles. The lowest BCUT2D eigenvalue weighted by Gasteiger charge is -2.17. The van der Waals surface area contributed by atoms with E-state index in [1.54, 1.807) is 0 Å². The van der Waals surface area contributed by atoms with Crippen LogP contribution in [0, 0.1) is 0 Å². The number of nitrogens with one attached hydrogen (secondary N) is 1. The Hall–Kier alpha value is -1.84. The number of hydrogen-bond donors (Lipinski definition) is 1. The SMILES string of the molecule is O=C(Cc1ccccc1)Nc1nnc(S(=O)(=O)N2CCCCCC2)s1. The molecule has 134 valence electrons. The van der Waals surface area contributed by atoms with Crippen LogP contribution in [0.2, 0.25) is 0 Å². The molecule has 2 aromatic rings. The van der Waals surface area contributed by atoms with Crippen LogP contribution in [0.5, 0.6) is 0 Å². The fourth-order valence-electron chi connectivity index (χ4n) is 2.70. The van der Waals surface area contributed by atoms with Crippen LogP contribution in [0.3, 0.4) is 0 Å². The molecular formula is C16H20N4O3S2. The van der Waals surface area contributed by atoms with Crippen LogP contribution in [0.1, 0.15) is 31.2 Å².